The van der Waals surface area contributed by atoms with Gasteiger partial charge in [0.25, 0.3) is 0 Å². The van der Waals surface area contributed by atoms with Gasteiger partial charge in [0, 0.05) is 20.2 Å². The van der Waals surface area contributed by atoms with Gasteiger partial charge < -0.3 is 9.32 Å². The minimum Gasteiger partial charge on any atom is -0.445 e. The van der Waals surface area contributed by atoms with Crippen LogP contribution in [0.4, 0.5) is 5.88 Å². The van der Waals surface area contributed by atoms with Crippen LogP contribution in [0, 0.1) is 0 Å². The molecule has 4 heteroatoms. The lowest BCUT2D eigenvalue weighted by Crippen LogP contribution is -2.06. The van der Waals surface area contributed by atoms with Gasteiger partial charge in [0.2, 0.25) is 0 Å². The number of hydrogen-bond donors (Lipinski definition) is 0. The number of anilines is 1. The van der Waals surface area contributed by atoms with Crippen LogP contribution >= 0.6 is 28.7 Å². The first-order valence-corrected chi connectivity index (χ1v) is 4.88. The fourth-order valence-corrected chi connectivity index (χ4v) is 1.27. The quantitative estimate of drug-likeness (QED) is 0.823. The highest BCUT2D eigenvalue weighted by molar-refractivity contribution is 8.93. The van der Waals surface area contributed by atoms with E-state index in [1.165, 1.54) is 0 Å². The van der Waals surface area contributed by atoms with Crippen molar-refractivity contribution in [1.82, 2.24) is 0 Å². The number of halogens is 1. The first-order chi connectivity index (χ1) is 5.24. The van der Waals surface area contributed by atoms with E-state index in [0.29, 0.717) is 0 Å². The first-order valence-electron chi connectivity index (χ1n) is 3.49. The van der Waals surface area contributed by atoms with Crippen molar-refractivity contribution >= 4 is 34.6 Å². The van der Waals surface area contributed by atoms with Gasteiger partial charge in [0.1, 0.15) is 5.76 Å². The van der Waals surface area contributed by atoms with Crippen molar-refractivity contribution in [2.24, 2.45) is 0 Å². The van der Waals surface area contributed by atoms with Crippen LogP contribution in [-0.2, 0) is 5.75 Å². The van der Waals surface area contributed by atoms with E-state index in [2.05, 4.69) is 6.26 Å². The molecule has 0 aliphatic carbocycles. The Morgan fingerprint density at radius 2 is 2.08 bits per heavy atom. The third-order valence-corrected chi connectivity index (χ3v) is 1.95. The second kappa shape index (κ2) is 5.54. The van der Waals surface area contributed by atoms with Crippen LogP contribution < -0.4 is 4.90 Å². The monoisotopic (exact) mass is 251 g/mol. The van der Waals surface area contributed by atoms with Crippen LogP contribution in [0.2, 0.25) is 0 Å². The van der Waals surface area contributed by atoms with E-state index in [1.807, 2.05) is 31.1 Å². The molecule has 0 aliphatic rings. The van der Waals surface area contributed by atoms with E-state index in [0.717, 1.165) is 17.4 Å². The minimum atomic E-state index is 0. The topological polar surface area (TPSA) is 16.4 Å². The average molecular weight is 252 g/mol. The summed E-state index contributed by atoms with van der Waals surface area (Å²) in [6, 6.07) is 4.01. The van der Waals surface area contributed by atoms with Gasteiger partial charge in [-0.25, -0.2) is 0 Å². The summed E-state index contributed by atoms with van der Waals surface area (Å²) in [5.74, 6) is 2.92. The van der Waals surface area contributed by atoms with Crippen LogP contribution in [0.1, 0.15) is 5.76 Å². The summed E-state index contributed by atoms with van der Waals surface area (Å²) < 4.78 is 5.49. The van der Waals surface area contributed by atoms with Gasteiger partial charge in [-0.1, -0.05) is 0 Å². The standard InChI is InChI=1S/C8H13NOS.BrH/c1-9(2)8-5-4-7(10-8)6-11-3;/h4-5H,6H2,1-3H3;1H. The van der Waals surface area contributed by atoms with Crippen LogP contribution in [0.5, 0.6) is 0 Å². The molecule has 0 amide bonds. The minimum absolute atomic E-state index is 0. The third-order valence-electron chi connectivity index (χ3n) is 1.37. The summed E-state index contributed by atoms with van der Waals surface area (Å²) in [5.41, 5.74) is 0. The molecule has 1 heterocycles. The van der Waals surface area contributed by atoms with Crippen molar-refractivity contribution in [1.29, 1.82) is 0 Å². The van der Waals surface area contributed by atoms with E-state index >= 15 is 0 Å². The van der Waals surface area contributed by atoms with E-state index in [1.54, 1.807) is 11.8 Å². The fraction of sp³-hybridized carbons (Fsp3) is 0.500. The van der Waals surface area contributed by atoms with Crippen LogP contribution in [-0.4, -0.2) is 20.4 Å². The van der Waals surface area contributed by atoms with Gasteiger partial charge in [-0.2, -0.15) is 11.8 Å². The summed E-state index contributed by atoms with van der Waals surface area (Å²) in [4.78, 5) is 1.96. The number of thioether (sulfide) groups is 1. The second-order valence-corrected chi connectivity index (χ2v) is 3.43. The summed E-state index contributed by atoms with van der Waals surface area (Å²) in [6.45, 7) is 0. The van der Waals surface area contributed by atoms with E-state index < -0.39 is 0 Å². The molecule has 2 nitrogen and oxygen atoms in total. The lowest BCUT2D eigenvalue weighted by atomic mass is 10.5. The molecule has 0 radical (unpaired) electrons. The molecule has 0 saturated heterocycles. The van der Waals surface area contributed by atoms with Crippen molar-refractivity contribution < 1.29 is 4.42 Å². The van der Waals surface area contributed by atoms with Gasteiger partial charge in [-0.3, -0.25) is 0 Å². The number of furan rings is 1. The van der Waals surface area contributed by atoms with Gasteiger partial charge in [0.15, 0.2) is 5.88 Å². The Labute approximate surface area is 88.1 Å². The molecule has 0 spiro atoms. The molecule has 70 valence electrons. The van der Waals surface area contributed by atoms with Gasteiger partial charge in [-0.15, -0.1) is 17.0 Å². The number of hydrogen-bond acceptors (Lipinski definition) is 3. The van der Waals surface area contributed by atoms with Crippen LogP contribution in [0.3, 0.4) is 0 Å². The molecule has 1 aromatic heterocycles. The van der Waals surface area contributed by atoms with E-state index in [9.17, 15) is 0 Å². The molecule has 0 atom stereocenters. The van der Waals surface area contributed by atoms with Crippen molar-refractivity contribution in [2.75, 3.05) is 25.3 Å². The van der Waals surface area contributed by atoms with Crippen LogP contribution in [0.25, 0.3) is 0 Å². The highest BCUT2D eigenvalue weighted by Crippen LogP contribution is 2.18. The van der Waals surface area contributed by atoms with Crippen molar-refractivity contribution in [3.05, 3.63) is 17.9 Å². The normalized spacial score (nSPS) is 9.25. The molecule has 0 fully saturated rings. The highest BCUT2D eigenvalue weighted by Gasteiger charge is 2.01. The molecule has 0 saturated carbocycles. The van der Waals surface area contributed by atoms with Crippen LogP contribution in [0.15, 0.2) is 16.5 Å². The fourth-order valence-electron chi connectivity index (χ4n) is 0.827. The largest absolute Gasteiger partial charge is 0.445 e. The highest BCUT2D eigenvalue weighted by atomic mass is 79.9. The molecule has 0 aliphatic heterocycles. The Hall–Kier alpha value is -0.0900. The predicted molar refractivity (Wildman–Crippen MR) is 60.6 cm³/mol. The maximum Gasteiger partial charge on any atom is 0.195 e. The zero-order chi connectivity index (χ0) is 8.27. The van der Waals surface area contributed by atoms with Gasteiger partial charge >= 0.3 is 0 Å². The molecule has 1 aromatic rings. The summed E-state index contributed by atoms with van der Waals surface area (Å²) in [5, 5.41) is 0. The van der Waals surface area contributed by atoms with Crippen molar-refractivity contribution in [3.8, 4) is 0 Å². The molecule has 0 unspecified atom stereocenters. The van der Waals surface area contributed by atoms with Crippen molar-refractivity contribution in [2.45, 2.75) is 5.75 Å². The average Bonchev–Trinajstić information content (AvgIpc) is 2.37. The molecule has 0 aromatic carbocycles. The molecule has 0 bridgehead atoms. The van der Waals surface area contributed by atoms with Crippen molar-refractivity contribution in [3.63, 3.8) is 0 Å². The van der Waals surface area contributed by atoms with E-state index in [4.69, 9.17) is 4.42 Å². The Morgan fingerprint density at radius 3 is 2.50 bits per heavy atom. The number of nitrogens with zero attached hydrogens (tertiary/aromatic N) is 1. The third kappa shape index (κ3) is 3.11. The summed E-state index contributed by atoms with van der Waals surface area (Å²) in [6.07, 6.45) is 2.07. The Bertz CT molecular complexity index is 225. The maximum absolute atomic E-state index is 5.49. The molecular formula is C8H14BrNOS. The molecular weight excluding hydrogens is 238 g/mol. The Kier molecular flexibility index (Phi) is 5.50. The SMILES string of the molecule is Br.CSCc1ccc(N(C)C)o1. The lowest BCUT2D eigenvalue weighted by molar-refractivity contribution is 0.530. The predicted octanol–water partition coefficient (Wildman–Crippen LogP) is 2.79. The zero-order valence-electron chi connectivity index (χ0n) is 7.53. The first kappa shape index (κ1) is 11.9. The molecule has 12 heavy (non-hydrogen) atoms. The second-order valence-electron chi connectivity index (χ2n) is 2.57. The zero-order valence-corrected chi connectivity index (χ0v) is 10.1. The lowest BCUT2D eigenvalue weighted by Gasteiger charge is -2.06. The Balaban J connectivity index is 0.00000121. The summed E-state index contributed by atoms with van der Waals surface area (Å²) in [7, 11) is 3.95. The van der Waals surface area contributed by atoms with Gasteiger partial charge in [-0.05, 0) is 12.3 Å². The van der Waals surface area contributed by atoms with Gasteiger partial charge in [0.05, 0.1) is 5.75 Å². The smallest absolute Gasteiger partial charge is 0.195 e. The summed E-state index contributed by atoms with van der Waals surface area (Å²) >= 11 is 1.77. The van der Waals surface area contributed by atoms with E-state index in [-0.39, 0.29) is 17.0 Å². The maximum atomic E-state index is 5.49. The molecule has 1 rings (SSSR count). The molecule has 0 N–H and O–H groups in total. The number of rotatable bonds is 3. The Morgan fingerprint density at radius 1 is 1.42 bits per heavy atom.